The van der Waals surface area contributed by atoms with Crippen molar-refractivity contribution in [3.8, 4) is 0 Å². The summed E-state index contributed by atoms with van der Waals surface area (Å²) < 4.78 is 5.07. The highest BCUT2D eigenvalue weighted by atomic mass is 16.5. The van der Waals surface area contributed by atoms with Crippen LogP contribution in [-0.4, -0.2) is 77.4 Å². The Bertz CT molecular complexity index is 492. The summed E-state index contributed by atoms with van der Waals surface area (Å²) in [5, 5.41) is 6.68. The quantitative estimate of drug-likeness (QED) is 0.374. The summed E-state index contributed by atoms with van der Waals surface area (Å²) in [5.74, 6) is 1.77. The number of hydrogen-bond acceptors (Lipinski definition) is 5. The maximum Gasteiger partial charge on any atom is 0.191 e. The number of aliphatic imine (C=N–C) groups is 1. The van der Waals surface area contributed by atoms with Crippen LogP contribution in [0, 0.1) is 0 Å². The number of nitrogens with zero attached hydrogens (tertiary/aromatic N) is 4. The van der Waals surface area contributed by atoms with Crippen LogP contribution in [-0.2, 0) is 11.3 Å². The highest BCUT2D eigenvalue weighted by Gasteiger charge is 2.06. The van der Waals surface area contributed by atoms with Gasteiger partial charge in [-0.25, -0.2) is 4.98 Å². The first-order valence-corrected chi connectivity index (χ1v) is 8.31. The lowest BCUT2D eigenvalue weighted by Gasteiger charge is -2.19. The van der Waals surface area contributed by atoms with E-state index in [0.717, 1.165) is 50.0 Å². The first-order valence-electron chi connectivity index (χ1n) is 8.31. The maximum atomic E-state index is 5.07. The van der Waals surface area contributed by atoms with E-state index >= 15 is 0 Å². The molecule has 1 aromatic rings. The molecule has 0 aliphatic carbocycles. The van der Waals surface area contributed by atoms with Crippen molar-refractivity contribution in [1.29, 1.82) is 0 Å². The number of guanidine groups is 1. The second kappa shape index (κ2) is 11.6. The average Bonchev–Trinajstić information content (AvgIpc) is 2.58. The zero-order chi connectivity index (χ0) is 17.8. The van der Waals surface area contributed by atoms with Crippen LogP contribution in [0.2, 0.25) is 0 Å². The van der Waals surface area contributed by atoms with Crippen molar-refractivity contribution in [1.82, 2.24) is 20.5 Å². The van der Waals surface area contributed by atoms with Gasteiger partial charge in [0.1, 0.15) is 5.82 Å². The fourth-order valence-electron chi connectivity index (χ4n) is 2.33. The van der Waals surface area contributed by atoms with E-state index in [1.807, 2.05) is 31.3 Å². The summed E-state index contributed by atoms with van der Waals surface area (Å²) >= 11 is 0. The van der Waals surface area contributed by atoms with Crippen LogP contribution < -0.4 is 15.5 Å². The second-order valence-corrected chi connectivity index (χ2v) is 5.88. The molecule has 0 aliphatic rings. The van der Waals surface area contributed by atoms with Crippen LogP contribution in [0.15, 0.2) is 23.3 Å². The van der Waals surface area contributed by atoms with Gasteiger partial charge in [0.25, 0.3) is 0 Å². The van der Waals surface area contributed by atoms with Crippen molar-refractivity contribution in [2.45, 2.75) is 13.0 Å². The van der Waals surface area contributed by atoms with Gasteiger partial charge < -0.3 is 25.2 Å². The molecule has 1 heterocycles. The number of rotatable bonds is 10. The van der Waals surface area contributed by atoms with Gasteiger partial charge >= 0.3 is 0 Å². The lowest BCUT2D eigenvalue weighted by molar-refractivity contribution is 0.180. The van der Waals surface area contributed by atoms with E-state index in [2.05, 4.69) is 38.6 Å². The van der Waals surface area contributed by atoms with Gasteiger partial charge in [-0.15, -0.1) is 0 Å². The first-order chi connectivity index (χ1) is 11.6. The molecule has 2 N–H and O–H groups in total. The lowest BCUT2D eigenvalue weighted by atomic mass is 10.2. The van der Waals surface area contributed by atoms with E-state index < -0.39 is 0 Å². The van der Waals surface area contributed by atoms with Gasteiger partial charge in [-0.3, -0.25) is 4.99 Å². The van der Waals surface area contributed by atoms with Gasteiger partial charge in [-0.05, 0) is 19.5 Å². The molecule has 0 saturated carbocycles. The first kappa shape index (κ1) is 20.2. The summed E-state index contributed by atoms with van der Waals surface area (Å²) in [6, 6.07) is 4.03. The third kappa shape index (κ3) is 7.61. The smallest absolute Gasteiger partial charge is 0.191 e. The van der Waals surface area contributed by atoms with Gasteiger partial charge in [0.2, 0.25) is 0 Å². The van der Waals surface area contributed by atoms with E-state index in [1.165, 1.54) is 0 Å². The fraction of sp³-hybridized carbons (Fsp3) is 0.647. The summed E-state index contributed by atoms with van der Waals surface area (Å²) in [6.07, 6.45) is 2.86. The number of likely N-dealkylation sites (N-methyl/N-ethyl adjacent to an activating group) is 1. The van der Waals surface area contributed by atoms with Crippen LogP contribution >= 0.6 is 0 Å². The summed E-state index contributed by atoms with van der Waals surface area (Å²) in [4.78, 5) is 13.0. The number of hydrogen-bond donors (Lipinski definition) is 2. The van der Waals surface area contributed by atoms with Crippen LogP contribution in [0.4, 0.5) is 5.82 Å². The molecule has 0 fully saturated rings. The minimum Gasteiger partial charge on any atom is -0.385 e. The number of methoxy groups -OCH3 is 1. The molecule has 0 aromatic carbocycles. The Hall–Kier alpha value is -1.86. The Kier molecular flexibility index (Phi) is 9.79. The zero-order valence-corrected chi connectivity index (χ0v) is 15.7. The molecular formula is C17H32N6O. The molecule has 0 bridgehead atoms. The lowest BCUT2D eigenvalue weighted by Crippen LogP contribution is -2.41. The largest absolute Gasteiger partial charge is 0.385 e. The van der Waals surface area contributed by atoms with Crippen molar-refractivity contribution in [2.75, 3.05) is 66.4 Å². The molecule has 1 rings (SSSR count). The Labute approximate surface area is 146 Å². The normalized spacial score (nSPS) is 11.7. The molecule has 0 atom stereocenters. The van der Waals surface area contributed by atoms with Crippen molar-refractivity contribution in [2.24, 2.45) is 4.99 Å². The van der Waals surface area contributed by atoms with Crippen molar-refractivity contribution >= 4 is 11.8 Å². The maximum absolute atomic E-state index is 5.07. The molecule has 136 valence electrons. The monoisotopic (exact) mass is 336 g/mol. The van der Waals surface area contributed by atoms with Gasteiger partial charge in [-0.2, -0.15) is 0 Å². The minimum absolute atomic E-state index is 0.685. The van der Waals surface area contributed by atoms with Gasteiger partial charge in [0, 0.05) is 72.8 Å². The van der Waals surface area contributed by atoms with E-state index in [1.54, 1.807) is 14.2 Å². The molecule has 0 spiro atoms. The van der Waals surface area contributed by atoms with Crippen molar-refractivity contribution in [3.63, 3.8) is 0 Å². The topological polar surface area (TPSA) is 65.0 Å². The SMILES string of the molecule is CN=C(NCCN(C)CCCOC)NCc1cccnc1N(C)C. The van der Waals surface area contributed by atoms with Crippen molar-refractivity contribution < 1.29 is 4.74 Å². The fourth-order valence-corrected chi connectivity index (χ4v) is 2.33. The number of nitrogens with one attached hydrogen (secondary N) is 2. The van der Waals surface area contributed by atoms with E-state index in [9.17, 15) is 0 Å². The molecule has 7 nitrogen and oxygen atoms in total. The summed E-state index contributed by atoms with van der Waals surface area (Å²) in [5.41, 5.74) is 1.14. The Morgan fingerprint density at radius 1 is 1.25 bits per heavy atom. The zero-order valence-electron chi connectivity index (χ0n) is 15.7. The second-order valence-electron chi connectivity index (χ2n) is 5.88. The van der Waals surface area contributed by atoms with Crippen molar-refractivity contribution in [3.05, 3.63) is 23.9 Å². The molecule has 24 heavy (non-hydrogen) atoms. The van der Waals surface area contributed by atoms with Crippen LogP contribution in [0.3, 0.4) is 0 Å². The number of ether oxygens (including phenoxy) is 1. The van der Waals surface area contributed by atoms with Gasteiger partial charge in [-0.1, -0.05) is 6.07 Å². The van der Waals surface area contributed by atoms with E-state index in [0.29, 0.717) is 6.54 Å². The molecular weight excluding hydrogens is 304 g/mol. The minimum atomic E-state index is 0.685. The number of anilines is 1. The van der Waals surface area contributed by atoms with E-state index in [-0.39, 0.29) is 0 Å². The summed E-state index contributed by atoms with van der Waals surface area (Å²) in [7, 11) is 9.64. The third-order valence-electron chi connectivity index (χ3n) is 3.64. The average molecular weight is 336 g/mol. The molecule has 1 aromatic heterocycles. The third-order valence-corrected chi connectivity index (χ3v) is 3.64. The Morgan fingerprint density at radius 2 is 2.04 bits per heavy atom. The Morgan fingerprint density at radius 3 is 2.71 bits per heavy atom. The standard InChI is InChI=1S/C17H32N6O/c1-18-17(20-10-12-23(4)11-7-13-24-5)21-14-15-8-6-9-19-16(15)22(2)3/h6,8-9H,7,10-14H2,1-5H3,(H2,18,20,21). The molecule has 0 aliphatic heterocycles. The van der Waals surface area contributed by atoms with Gasteiger partial charge in [0.15, 0.2) is 5.96 Å². The highest BCUT2D eigenvalue weighted by molar-refractivity contribution is 5.79. The predicted molar refractivity (Wildman–Crippen MR) is 101 cm³/mol. The van der Waals surface area contributed by atoms with Crippen LogP contribution in [0.5, 0.6) is 0 Å². The Balaban J connectivity index is 2.36. The van der Waals surface area contributed by atoms with Crippen LogP contribution in [0.1, 0.15) is 12.0 Å². The number of pyridine rings is 1. The van der Waals surface area contributed by atoms with Gasteiger partial charge in [0.05, 0.1) is 0 Å². The van der Waals surface area contributed by atoms with Crippen LogP contribution in [0.25, 0.3) is 0 Å². The molecule has 0 unspecified atom stereocenters. The molecule has 0 radical (unpaired) electrons. The highest BCUT2D eigenvalue weighted by Crippen LogP contribution is 2.13. The summed E-state index contributed by atoms with van der Waals surface area (Å²) in [6.45, 7) is 4.32. The predicted octanol–water partition coefficient (Wildman–Crippen LogP) is 0.781. The van der Waals surface area contributed by atoms with E-state index in [4.69, 9.17) is 4.74 Å². The molecule has 0 saturated heterocycles. The molecule has 7 heteroatoms. The molecule has 0 amide bonds. The number of aromatic nitrogens is 1.